The lowest BCUT2D eigenvalue weighted by Crippen LogP contribution is -2.25. The number of nitrogens with zero attached hydrogens (tertiary/aromatic N) is 5. The van der Waals surface area contributed by atoms with Gasteiger partial charge in [-0.25, -0.2) is 31.7 Å². The number of imidazole rings is 1. The Labute approximate surface area is 233 Å². The van der Waals surface area contributed by atoms with E-state index < -0.39 is 21.4 Å². The highest BCUT2D eigenvalue weighted by molar-refractivity contribution is 7.90. The molecule has 0 spiro atoms. The van der Waals surface area contributed by atoms with Gasteiger partial charge in [0.05, 0.1) is 16.0 Å². The van der Waals surface area contributed by atoms with Crippen LogP contribution < -0.4 is 0 Å². The van der Waals surface area contributed by atoms with Gasteiger partial charge >= 0.3 is 0 Å². The van der Waals surface area contributed by atoms with Crippen LogP contribution in [0.2, 0.25) is 0 Å². The topological polar surface area (TPSA) is 103 Å². The van der Waals surface area contributed by atoms with Crippen LogP contribution in [0.5, 0.6) is 0 Å². The molecule has 0 saturated heterocycles. The first-order chi connectivity index (χ1) is 19.3. The molecule has 1 atom stereocenters. The van der Waals surface area contributed by atoms with E-state index >= 15 is 4.39 Å². The van der Waals surface area contributed by atoms with E-state index in [0.29, 0.717) is 40.6 Å². The zero-order valence-electron chi connectivity index (χ0n) is 21.2. The number of thiazole rings is 1. The summed E-state index contributed by atoms with van der Waals surface area (Å²) in [5, 5.41) is 13.9. The highest BCUT2D eigenvalue weighted by atomic mass is 32.2. The standard InChI is InChI=1S/C29H22FN5O3S2/c1-18-5-7-21(8-6-18)40(37,38)35-16-22(25-23(30)9-11-31-26(25)35)27-33-24(17-39-27)19-3-2-4-20(15-19)29(36)10-13-34-14-12-32-28(29)34/h2-9,11-12,14-17,36H,10,13H2,1H3/t29-/m1/s1. The third-order valence-electron chi connectivity index (χ3n) is 7.35. The van der Waals surface area contributed by atoms with Gasteiger partial charge in [0.25, 0.3) is 10.0 Å². The Balaban J connectivity index is 1.32. The molecule has 200 valence electrons. The first kappa shape index (κ1) is 24.8. The lowest BCUT2D eigenvalue weighted by Gasteiger charge is -2.22. The fraction of sp³-hybridized carbons (Fsp3) is 0.138. The van der Waals surface area contributed by atoms with Crippen LogP contribution in [-0.2, 0) is 22.2 Å². The summed E-state index contributed by atoms with van der Waals surface area (Å²) in [7, 11) is -4.04. The second-order valence-electron chi connectivity index (χ2n) is 9.82. The molecule has 1 N–H and O–H groups in total. The number of hydrogen-bond donors (Lipinski definition) is 1. The minimum absolute atomic E-state index is 0.00622. The molecule has 7 rings (SSSR count). The summed E-state index contributed by atoms with van der Waals surface area (Å²) in [6.07, 6.45) is 6.69. The van der Waals surface area contributed by atoms with E-state index in [9.17, 15) is 13.5 Å². The molecular weight excluding hydrogens is 549 g/mol. The van der Waals surface area contributed by atoms with E-state index in [0.717, 1.165) is 15.1 Å². The Morgan fingerprint density at radius 3 is 2.73 bits per heavy atom. The summed E-state index contributed by atoms with van der Waals surface area (Å²) in [6, 6.07) is 15.2. The largest absolute Gasteiger partial charge is 0.377 e. The lowest BCUT2D eigenvalue weighted by molar-refractivity contribution is 0.0786. The predicted octanol–water partition coefficient (Wildman–Crippen LogP) is 5.35. The van der Waals surface area contributed by atoms with Crippen molar-refractivity contribution in [1.29, 1.82) is 0 Å². The minimum Gasteiger partial charge on any atom is -0.377 e. The third kappa shape index (κ3) is 3.73. The van der Waals surface area contributed by atoms with E-state index in [4.69, 9.17) is 4.98 Å². The van der Waals surface area contributed by atoms with Gasteiger partial charge in [0.1, 0.15) is 22.3 Å². The van der Waals surface area contributed by atoms with Gasteiger partial charge < -0.3 is 9.67 Å². The first-order valence-electron chi connectivity index (χ1n) is 12.5. The molecule has 0 fully saturated rings. The monoisotopic (exact) mass is 571 g/mol. The Morgan fingerprint density at radius 2 is 1.90 bits per heavy atom. The molecule has 4 aromatic heterocycles. The first-order valence-corrected chi connectivity index (χ1v) is 14.9. The predicted molar refractivity (Wildman–Crippen MR) is 150 cm³/mol. The number of benzene rings is 2. The molecule has 6 aromatic rings. The van der Waals surface area contributed by atoms with Gasteiger partial charge in [-0.3, -0.25) is 0 Å². The van der Waals surface area contributed by atoms with E-state index in [1.807, 2.05) is 47.3 Å². The smallest absolute Gasteiger partial charge is 0.269 e. The Bertz CT molecular complexity index is 2030. The molecule has 1 aliphatic rings. The number of aliphatic hydroxyl groups is 1. The molecule has 8 nitrogen and oxygen atoms in total. The Hall–Kier alpha value is -4.19. The second-order valence-corrected chi connectivity index (χ2v) is 12.5. The fourth-order valence-electron chi connectivity index (χ4n) is 5.24. The van der Waals surface area contributed by atoms with Crippen molar-refractivity contribution in [2.45, 2.75) is 30.4 Å². The van der Waals surface area contributed by atoms with Gasteiger partial charge in [-0.05, 0) is 36.8 Å². The van der Waals surface area contributed by atoms with Crippen LogP contribution in [0.15, 0.2) is 89.7 Å². The maximum absolute atomic E-state index is 15.2. The molecule has 2 aromatic carbocycles. The summed E-state index contributed by atoms with van der Waals surface area (Å²) in [5.41, 5.74) is 2.15. The quantitative estimate of drug-likeness (QED) is 0.299. The van der Waals surface area contributed by atoms with E-state index in [1.165, 1.54) is 41.9 Å². The summed E-state index contributed by atoms with van der Waals surface area (Å²) in [4.78, 5) is 13.4. The zero-order chi connectivity index (χ0) is 27.6. The second kappa shape index (κ2) is 8.91. The van der Waals surface area contributed by atoms with Gasteiger partial charge in [0.15, 0.2) is 5.65 Å². The number of hydrogen-bond acceptors (Lipinski definition) is 7. The van der Waals surface area contributed by atoms with Crippen molar-refractivity contribution in [2.24, 2.45) is 0 Å². The number of fused-ring (bicyclic) bond motifs is 2. The van der Waals surface area contributed by atoms with Crippen LogP contribution in [0, 0.1) is 12.7 Å². The number of halogens is 1. The molecule has 0 saturated carbocycles. The minimum atomic E-state index is -4.04. The summed E-state index contributed by atoms with van der Waals surface area (Å²) in [5.74, 6) is 0.0183. The Kier molecular flexibility index (Phi) is 5.53. The molecule has 0 unspecified atom stereocenters. The highest BCUT2D eigenvalue weighted by Crippen LogP contribution is 2.40. The third-order valence-corrected chi connectivity index (χ3v) is 9.89. The van der Waals surface area contributed by atoms with Crippen LogP contribution in [0.3, 0.4) is 0 Å². The van der Waals surface area contributed by atoms with Crippen LogP contribution >= 0.6 is 11.3 Å². The number of rotatable bonds is 5. The van der Waals surface area contributed by atoms with E-state index in [2.05, 4.69) is 9.97 Å². The fourth-order valence-corrected chi connectivity index (χ4v) is 7.41. The van der Waals surface area contributed by atoms with Gasteiger partial charge in [-0.15, -0.1) is 11.3 Å². The summed E-state index contributed by atoms with van der Waals surface area (Å²) >= 11 is 1.28. The van der Waals surface area contributed by atoms with Gasteiger partial charge in [0, 0.05) is 54.3 Å². The maximum atomic E-state index is 15.2. The van der Waals surface area contributed by atoms with Gasteiger partial charge in [0.2, 0.25) is 0 Å². The molecule has 40 heavy (non-hydrogen) atoms. The molecule has 1 aliphatic heterocycles. The molecule has 0 bridgehead atoms. The molecule has 0 amide bonds. The Morgan fingerprint density at radius 1 is 1.07 bits per heavy atom. The molecule has 11 heteroatoms. The van der Waals surface area contributed by atoms with Crippen molar-refractivity contribution >= 4 is 32.4 Å². The van der Waals surface area contributed by atoms with Crippen LogP contribution in [0.25, 0.3) is 32.9 Å². The highest BCUT2D eigenvalue weighted by Gasteiger charge is 2.40. The van der Waals surface area contributed by atoms with Crippen molar-refractivity contribution in [3.63, 3.8) is 0 Å². The number of aromatic nitrogens is 5. The van der Waals surface area contributed by atoms with Crippen molar-refractivity contribution in [1.82, 2.24) is 23.5 Å². The zero-order valence-corrected chi connectivity index (χ0v) is 22.8. The van der Waals surface area contributed by atoms with Crippen LogP contribution in [0.1, 0.15) is 23.4 Å². The average Bonchev–Trinajstić information content (AvgIpc) is 3.74. The molecular formula is C29H22FN5O3S2. The van der Waals surface area contributed by atoms with Crippen molar-refractivity contribution in [3.8, 4) is 21.8 Å². The summed E-state index contributed by atoms with van der Waals surface area (Å²) < 4.78 is 45.2. The van der Waals surface area contributed by atoms with Gasteiger partial charge in [-0.2, -0.15) is 0 Å². The molecule has 5 heterocycles. The molecule has 0 radical (unpaired) electrons. The number of pyridine rings is 1. The normalized spacial score (nSPS) is 17.0. The SMILES string of the molecule is Cc1ccc(S(=O)(=O)n2cc(-c3nc(-c4cccc([C@]5(O)CCn6ccnc65)c4)cs3)c3c(F)ccnc32)cc1. The van der Waals surface area contributed by atoms with Crippen molar-refractivity contribution in [2.75, 3.05) is 0 Å². The van der Waals surface area contributed by atoms with Crippen LogP contribution in [0.4, 0.5) is 4.39 Å². The lowest BCUT2D eigenvalue weighted by atomic mass is 9.90. The van der Waals surface area contributed by atoms with Gasteiger partial charge in [-0.1, -0.05) is 35.9 Å². The molecule has 0 aliphatic carbocycles. The maximum Gasteiger partial charge on any atom is 0.269 e. The van der Waals surface area contributed by atoms with E-state index in [1.54, 1.807) is 18.3 Å². The number of aryl methyl sites for hydroxylation is 2. The van der Waals surface area contributed by atoms with Crippen molar-refractivity contribution in [3.05, 3.63) is 108 Å². The van der Waals surface area contributed by atoms with E-state index in [-0.39, 0.29) is 15.9 Å². The van der Waals surface area contributed by atoms with Crippen molar-refractivity contribution < 1.29 is 17.9 Å². The average molecular weight is 572 g/mol. The summed E-state index contributed by atoms with van der Waals surface area (Å²) in [6.45, 7) is 2.54. The van der Waals surface area contributed by atoms with Crippen LogP contribution in [-0.4, -0.2) is 37.0 Å².